The number of fused-ring (bicyclic) bond motifs is 4. The molecule has 6 rings (SSSR count). The molecule has 12 heteroatoms. The molecule has 0 aliphatic carbocycles. The van der Waals surface area contributed by atoms with Gasteiger partial charge in [0.1, 0.15) is 16.1 Å². The summed E-state index contributed by atoms with van der Waals surface area (Å²) in [5.41, 5.74) is -0.133. The second-order valence-corrected chi connectivity index (χ2v) is 9.97. The maximum absolute atomic E-state index is 13.8. The van der Waals surface area contributed by atoms with Gasteiger partial charge in [0.05, 0.1) is 22.5 Å². The maximum Gasteiger partial charge on any atom is 0.433 e. The Morgan fingerprint density at radius 1 is 1.05 bits per heavy atom. The lowest BCUT2D eigenvalue weighted by Gasteiger charge is -2.13. The van der Waals surface area contributed by atoms with Crippen molar-refractivity contribution in [2.75, 3.05) is 5.01 Å². The van der Waals surface area contributed by atoms with Crippen LogP contribution in [-0.4, -0.2) is 22.0 Å². The fourth-order valence-corrected chi connectivity index (χ4v) is 5.40. The number of rotatable bonds is 5. The monoisotopic (exact) mass is 588 g/mol. The second kappa shape index (κ2) is 9.32. The zero-order valence-corrected chi connectivity index (χ0v) is 21.4. The second-order valence-electron chi connectivity index (χ2n) is 8.05. The van der Waals surface area contributed by atoms with Gasteiger partial charge >= 0.3 is 11.5 Å². The predicted octanol–water partition coefficient (Wildman–Crippen LogP) is 6.50. The van der Waals surface area contributed by atoms with Crippen LogP contribution in [0.2, 0.25) is 0 Å². The number of nitro groups is 1. The Hall–Kier alpha value is -4.68. The lowest BCUT2D eigenvalue weighted by molar-refractivity contribution is -0.402. The van der Waals surface area contributed by atoms with Crippen molar-refractivity contribution in [1.82, 2.24) is 4.98 Å². The van der Waals surface area contributed by atoms with Crippen LogP contribution in [0.15, 0.2) is 96.0 Å². The highest BCUT2D eigenvalue weighted by Gasteiger charge is 2.25. The highest BCUT2D eigenvalue weighted by molar-refractivity contribution is 9.10. The van der Waals surface area contributed by atoms with Crippen LogP contribution in [0.4, 0.5) is 11.0 Å². The van der Waals surface area contributed by atoms with Crippen LogP contribution in [0.3, 0.4) is 0 Å². The van der Waals surface area contributed by atoms with E-state index in [2.05, 4.69) is 26.0 Å². The zero-order valence-electron chi connectivity index (χ0n) is 19.0. The van der Waals surface area contributed by atoms with Crippen LogP contribution in [0, 0.1) is 10.1 Å². The van der Waals surface area contributed by atoms with Crippen molar-refractivity contribution in [2.24, 2.45) is 5.10 Å². The molecule has 38 heavy (non-hydrogen) atoms. The molecule has 0 radical (unpaired) electrons. The lowest BCUT2D eigenvalue weighted by Crippen LogP contribution is -2.30. The largest absolute Gasteiger partial charge is 0.433 e. The Bertz CT molecular complexity index is 1990. The molecule has 0 bridgehead atoms. The number of thiazole rings is 1. The lowest BCUT2D eigenvalue weighted by atomic mass is 10.0. The number of anilines is 1. The summed E-state index contributed by atoms with van der Waals surface area (Å²) in [4.78, 5) is 41.5. The molecule has 6 aromatic rings. The third-order valence-electron chi connectivity index (χ3n) is 5.68. The summed E-state index contributed by atoms with van der Waals surface area (Å²) in [5.74, 6) is -1.23. The number of aromatic nitrogens is 1. The number of hydrogen-bond donors (Lipinski definition) is 0. The van der Waals surface area contributed by atoms with Crippen LogP contribution in [0.5, 0.6) is 0 Å². The van der Waals surface area contributed by atoms with Crippen molar-refractivity contribution < 1.29 is 18.6 Å². The first-order valence-electron chi connectivity index (χ1n) is 11.0. The van der Waals surface area contributed by atoms with E-state index < -0.39 is 22.3 Å². The molecular weight excluding hydrogens is 576 g/mol. The molecule has 0 spiro atoms. The predicted molar refractivity (Wildman–Crippen MR) is 147 cm³/mol. The van der Waals surface area contributed by atoms with Crippen molar-refractivity contribution in [1.29, 1.82) is 0 Å². The first-order valence-corrected chi connectivity index (χ1v) is 12.6. The normalized spacial score (nSPS) is 11.6. The van der Waals surface area contributed by atoms with Crippen molar-refractivity contribution in [3.05, 3.63) is 109 Å². The van der Waals surface area contributed by atoms with Gasteiger partial charge in [-0.25, -0.2) is 9.78 Å². The highest BCUT2D eigenvalue weighted by atomic mass is 79.9. The summed E-state index contributed by atoms with van der Waals surface area (Å²) in [7, 11) is 0. The number of amides is 1. The van der Waals surface area contributed by atoms with Gasteiger partial charge in [-0.05, 0) is 47.2 Å². The van der Waals surface area contributed by atoms with Crippen LogP contribution in [-0.2, 0) is 0 Å². The van der Waals surface area contributed by atoms with Crippen LogP contribution in [0.1, 0.15) is 16.1 Å². The molecule has 0 N–H and O–H groups in total. The van der Waals surface area contributed by atoms with Crippen molar-refractivity contribution in [3.63, 3.8) is 0 Å². The minimum atomic E-state index is -0.838. The van der Waals surface area contributed by atoms with E-state index in [1.54, 1.807) is 12.1 Å². The third-order valence-corrected chi connectivity index (χ3v) is 7.17. The smallest absolute Gasteiger partial charge is 0.422 e. The molecule has 0 saturated carbocycles. The molecule has 0 unspecified atom stereocenters. The number of hydrazone groups is 1. The van der Waals surface area contributed by atoms with Gasteiger partial charge in [0, 0.05) is 9.86 Å². The number of carbonyl (C=O) groups excluding carboxylic acids is 1. The van der Waals surface area contributed by atoms with E-state index in [-0.39, 0.29) is 16.5 Å². The van der Waals surface area contributed by atoms with E-state index in [9.17, 15) is 19.7 Å². The number of carbonyl (C=O) groups is 1. The molecule has 0 aliphatic rings. The average molecular weight is 589 g/mol. The standard InChI is InChI=1S/C26H13BrN4O6S/c27-15-6-8-20-22(11-15)38-26(29-20)30(28-13-16-7-10-23(36-16)31(34)35)24(32)19-12-18-17-4-2-1-3-14(17)5-9-21(18)37-25(19)33/h1-13H/b28-13+. The summed E-state index contributed by atoms with van der Waals surface area (Å²) in [5, 5.41) is 18.6. The van der Waals surface area contributed by atoms with E-state index in [1.807, 2.05) is 42.5 Å². The van der Waals surface area contributed by atoms with E-state index in [4.69, 9.17) is 8.83 Å². The van der Waals surface area contributed by atoms with Crippen LogP contribution < -0.4 is 10.6 Å². The highest BCUT2D eigenvalue weighted by Crippen LogP contribution is 2.32. The fraction of sp³-hybridized carbons (Fsp3) is 0. The summed E-state index contributed by atoms with van der Waals surface area (Å²) >= 11 is 4.60. The Kier molecular flexibility index (Phi) is 5.81. The summed E-state index contributed by atoms with van der Waals surface area (Å²) in [6.07, 6.45) is 1.14. The molecule has 0 fully saturated rings. The van der Waals surface area contributed by atoms with Gasteiger partial charge in [-0.1, -0.05) is 57.6 Å². The third kappa shape index (κ3) is 4.25. The molecule has 10 nitrogen and oxygen atoms in total. The summed E-state index contributed by atoms with van der Waals surface area (Å²) in [6, 6.07) is 20.5. The van der Waals surface area contributed by atoms with Crippen molar-refractivity contribution in [3.8, 4) is 0 Å². The van der Waals surface area contributed by atoms with Gasteiger partial charge in [-0.15, -0.1) is 0 Å². The Morgan fingerprint density at radius 3 is 2.71 bits per heavy atom. The van der Waals surface area contributed by atoms with Gasteiger partial charge in [0.25, 0.3) is 5.91 Å². The minimum Gasteiger partial charge on any atom is -0.422 e. The van der Waals surface area contributed by atoms with Crippen LogP contribution in [0.25, 0.3) is 32.0 Å². The average Bonchev–Trinajstić information content (AvgIpc) is 3.55. The molecular formula is C26H13BrN4O6S. The van der Waals surface area contributed by atoms with E-state index in [1.165, 1.54) is 29.5 Å². The molecule has 186 valence electrons. The number of halogens is 1. The van der Waals surface area contributed by atoms with Crippen LogP contribution >= 0.6 is 27.3 Å². The topological polar surface area (TPSA) is 132 Å². The molecule has 1 amide bonds. The Balaban J connectivity index is 1.49. The molecule has 3 heterocycles. The van der Waals surface area contributed by atoms with Gasteiger partial charge in [0.2, 0.25) is 5.13 Å². The van der Waals surface area contributed by atoms with Gasteiger partial charge in [-0.2, -0.15) is 10.1 Å². The van der Waals surface area contributed by atoms with Crippen molar-refractivity contribution >= 4 is 82.4 Å². The fourth-order valence-electron chi connectivity index (χ4n) is 3.92. The number of hydrogen-bond acceptors (Lipinski definition) is 9. The summed E-state index contributed by atoms with van der Waals surface area (Å²) in [6.45, 7) is 0. The molecule has 3 aromatic heterocycles. The summed E-state index contributed by atoms with van der Waals surface area (Å²) < 4.78 is 12.2. The first-order chi connectivity index (χ1) is 18.4. The zero-order chi connectivity index (χ0) is 26.4. The number of furan rings is 1. The Labute approximate surface area is 224 Å². The molecule has 0 aliphatic heterocycles. The first kappa shape index (κ1) is 23.7. The number of nitrogens with zero attached hydrogens (tertiary/aromatic N) is 4. The van der Waals surface area contributed by atoms with E-state index >= 15 is 0 Å². The van der Waals surface area contributed by atoms with Gasteiger partial charge in [-0.3, -0.25) is 14.9 Å². The number of benzene rings is 3. The van der Waals surface area contributed by atoms with E-state index in [0.717, 1.165) is 31.2 Å². The van der Waals surface area contributed by atoms with Crippen molar-refractivity contribution in [2.45, 2.75) is 0 Å². The quantitative estimate of drug-likeness (QED) is 0.0737. The molecule has 3 aromatic carbocycles. The minimum absolute atomic E-state index is 0.0369. The Morgan fingerprint density at radius 2 is 1.89 bits per heavy atom. The van der Waals surface area contributed by atoms with Gasteiger partial charge < -0.3 is 8.83 Å². The molecule has 0 atom stereocenters. The molecule has 0 saturated heterocycles. The SMILES string of the molecule is O=C(c1cc2c(ccc3ccccc32)oc1=O)N(/N=C/c1ccc([N+](=O)[O-])o1)c1nc2ccc(Br)cc2s1. The van der Waals surface area contributed by atoms with E-state index in [0.29, 0.717) is 16.5 Å². The maximum atomic E-state index is 13.8. The van der Waals surface area contributed by atoms with Gasteiger partial charge in [0.15, 0.2) is 5.76 Å².